The Morgan fingerprint density at radius 1 is 1.11 bits per heavy atom. The van der Waals surface area contributed by atoms with Gasteiger partial charge in [0.1, 0.15) is 17.7 Å². The first-order chi connectivity index (χ1) is 17.2. The lowest BCUT2D eigenvalue weighted by Gasteiger charge is -2.33. The van der Waals surface area contributed by atoms with Crippen molar-refractivity contribution in [3.63, 3.8) is 0 Å². The van der Waals surface area contributed by atoms with E-state index in [1.807, 2.05) is 0 Å². The maximum Gasteiger partial charge on any atom is 0.418 e. The fourth-order valence-corrected chi connectivity index (χ4v) is 4.85. The highest BCUT2D eigenvalue weighted by atomic mass is 19.4. The number of rotatable bonds is 4. The van der Waals surface area contributed by atoms with Gasteiger partial charge in [0, 0.05) is 24.2 Å². The lowest BCUT2D eigenvalue weighted by atomic mass is 9.91. The molecule has 1 fully saturated rings. The first-order valence-electron chi connectivity index (χ1n) is 11.5. The van der Waals surface area contributed by atoms with Crippen LogP contribution in [0.4, 0.5) is 23.4 Å². The largest absolute Gasteiger partial charge is 0.418 e. The number of nitrogens with two attached hydrogens (primary N) is 1. The molecule has 5 rings (SSSR count). The van der Waals surface area contributed by atoms with Gasteiger partial charge < -0.3 is 10.6 Å². The minimum Gasteiger partial charge on any atom is -0.382 e. The van der Waals surface area contributed by atoms with Crippen molar-refractivity contribution in [1.29, 1.82) is 0 Å². The van der Waals surface area contributed by atoms with Crippen molar-refractivity contribution >= 4 is 17.2 Å². The Bertz CT molecular complexity index is 1410. The molecule has 1 amide bonds. The number of piperidine rings is 1. The minimum atomic E-state index is -4.65. The molecule has 1 aliphatic rings. The quantitative estimate of drug-likeness (QED) is 0.392. The number of anilines is 1. The van der Waals surface area contributed by atoms with Crippen LogP contribution in [0.25, 0.3) is 16.8 Å². The van der Waals surface area contributed by atoms with Gasteiger partial charge in [-0.15, -0.1) is 0 Å². The molecule has 0 aliphatic carbocycles. The average molecular weight is 497 g/mol. The predicted molar refractivity (Wildman–Crippen MR) is 127 cm³/mol. The number of carbonyl (C=O) groups excluding carboxylic acids is 1. The van der Waals surface area contributed by atoms with Gasteiger partial charge in [0.15, 0.2) is 5.82 Å². The third-order valence-electron chi connectivity index (χ3n) is 6.54. The van der Waals surface area contributed by atoms with Crippen molar-refractivity contribution < 1.29 is 22.4 Å². The first kappa shape index (κ1) is 23.8. The third kappa shape index (κ3) is 4.62. The van der Waals surface area contributed by atoms with Crippen molar-refractivity contribution in [3.05, 3.63) is 83.4 Å². The highest BCUT2D eigenvalue weighted by Crippen LogP contribution is 2.38. The molecule has 0 unspecified atom stereocenters. The molecule has 2 N–H and O–H groups in total. The number of carbonyl (C=O) groups is 1. The molecule has 0 radical (unpaired) electrons. The summed E-state index contributed by atoms with van der Waals surface area (Å²) in [6, 6.07) is 13.8. The number of fused-ring (bicyclic) bond motifs is 1. The van der Waals surface area contributed by atoms with Crippen LogP contribution >= 0.6 is 0 Å². The molecule has 186 valence electrons. The number of hydrogen-bond donors (Lipinski definition) is 1. The maximum absolute atomic E-state index is 13.7. The molecule has 2 aromatic heterocycles. The van der Waals surface area contributed by atoms with E-state index in [9.17, 15) is 22.4 Å². The lowest BCUT2D eigenvalue weighted by Crippen LogP contribution is -2.40. The van der Waals surface area contributed by atoms with Gasteiger partial charge in [-0.2, -0.15) is 18.3 Å². The number of halogens is 4. The van der Waals surface area contributed by atoms with Crippen molar-refractivity contribution in [1.82, 2.24) is 19.5 Å². The van der Waals surface area contributed by atoms with Gasteiger partial charge in [-0.25, -0.2) is 13.9 Å². The van der Waals surface area contributed by atoms with Crippen molar-refractivity contribution in [2.45, 2.75) is 25.4 Å². The Kier molecular flexibility index (Phi) is 6.11. The second-order valence-electron chi connectivity index (χ2n) is 9.02. The normalized spacial score (nSPS) is 16.4. The number of benzene rings is 2. The standard InChI is InChI=1S/C26H23F4N5O/c27-20-8-6-16(7-9-20)11-17-3-2-10-34(14-17)25(36)19-5-1-4-18(12-19)22-13-21(26(28,29)30)23-24(31)32-15-33-35(22)23/h1,4-9,12-13,15,17H,2-3,10-11,14H2,(H2,31,32,33)/t17-/m0/s1. The Morgan fingerprint density at radius 3 is 2.64 bits per heavy atom. The highest BCUT2D eigenvalue weighted by molar-refractivity contribution is 5.95. The van der Waals surface area contributed by atoms with E-state index < -0.39 is 11.7 Å². The van der Waals surface area contributed by atoms with Crippen LogP contribution in [0, 0.1) is 11.7 Å². The van der Waals surface area contributed by atoms with Crippen LogP contribution in [-0.4, -0.2) is 38.5 Å². The Morgan fingerprint density at radius 2 is 1.89 bits per heavy atom. The summed E-state index contributed by atoms with van der Waals surface area (Å²) in [5.41, 5.74) is 6.44. The van der Waals surface area contributed by atoms with Crippen molar-refractivity contribution in [3.8, 4) is 11.3 Å². The first-order valence-corrected chi connectivity index (χ1v) is 11.5. The van der Waals surface area contributed by atoms with E-state index in [1.165, 1.54) is 12.1 Å². The van der Waals surface area contributed by atoms with Gasteiger partial charge in [-0.05, 0) is 61.1 Å². The maximum atomic E-state index is 13.7. The molecular weight excluding hydrogens is 474 g/mol. The van der Waals surface area contributed by atoms with Crippen LogP contribution in [0.5, 0.6) is 0 Å². The fourth-order valence-electron chi connectivity index (χ4n) is 4.85. The SMILES string of the molecule is Nc1ncnn2c(-c3cccc(C(=O)N4CCC[C@@H](Cc5ccc(F)cc5)C4)c3)cc(C(F)(F)F)c12. The number of aromatic nitrogens is 3. The number of nitrogen functional groups attached to an aromatic ring is 1. The van der Waals surface area contributed by atoms with Crippen LogP contribution in [0.3, 0.4) is 0 Å². The monoisotopic (exact) mass is 497 g/mol. The van der Waals surface area contributed by atoms with E-state index >= 15 is 0 Å². The molecule has 1 aliphatic heterocycles. The summed E-state index contributed by atoms with van der Waals surface area (Å²) in [5.74, 6) is -0.519. The smallest absolute Gasteiger partial charge is 0.382 e. The predicted octanol–water partition coefficient (Wildman–Crippen LogP) is 5.23. The topological polar surface area (TPSA) is 76.5 Å². The Labute approximate surface area is 204 Å². The molecule has 1 saturated heterocycles. The second-order valence-corrected chi connectivity index (χ2v) is 9.02. The number of hydrogen-bond acceptors (Lipinski definition) is 4. The molecule has 3 heterocycles. The molecule has 10 heteroatoms. The van der Waals surface area contributed by atoms with E-state index in [2.05, 4.69) is 10.1 Å². The summed E-state index contributed by atoms with van der Waals surface area (Å²) >= 11 is 0. The lowest BCUT2D eigenvalue weighted by molar-refractivity contribution is -0.136. The van der Waals surface area contributed by atoms with E-state index in [4.69, 9.17) is 5.73 Å². The Balaban J connectivity index is 1.41. The molecule has 0 spiro atoms. The number of likely N-dealkylation sites (tertiary alicyclic amines) is 1. The average Bonchev–Trinajstić information content (AvgIpc) is 3.27. The molecule has 0 bridgehead atoms. The van der Waals surface area contributed by atoms with Gasteiger partial charge in [-0.1, -0.05) is 24.3 Å². The van der Waals surface area contributed by atoms with Gasteiger partial charge >= 0.3 is 6.18 Å². The molecule has 6 nitrogen and oxygen atoms in total. The second kappa shape index (κ2) is 9.25. The van der Waals surface area contributed by atoms with Crippen LogP contribution in [0.2, 0.25) is 0 Å². The zero-order chi connectivity index (χ0) is 25.4. The summed E-state index contributed by atoms with van der Waals surface area (Å²) in [5, 5.41) is 3.98. The van der Waals surface area contributed by atoms with E-state index in [-0.39, 0.29) is 34.7 Å². The molecule has 2 aromatic carbocycles. The van der Waals surface area contributed by atoms with E-state index in [0.717, 1.165) is 41.7 Å². The van der Waals surface area contributed by atoms with Crippen molar-refractivity contribution in [2.75, 3.05) is 18.8 Å². The van der Waals surface area contributed by atoms with Crippen LogP contribution in [0.15, 0.2) is 60.9 Å². The summed E-state index contributed by atoms with van der Waals surface area (Å²) in [6.45, 7) is 1.15. The zero-order valence-corrected chi connectivity index (χ0v) is 19.2. The van der Waals surface area contributed by atoms with E-state index in [0.29, 0.717) is 24.2 Å². The molecule has 4 aromatic rings. The zero-order valence-electron chi connectivity index (χ0n) is 19.2. The number of nitrogens with zero attached hydrogens (tertiary/aromatic N) is 4. The van der Waals surface area contributed by atoms with Gasteiger partial charge in [0.25, 0.3) is 5.91 Å². The minimum absolute atomic E-state index is 0.161. The number of amides is 1. The summed E-state index contributed by atoms with van der Waals surface area (Å²) in [6.07, 6.45) is -1.02. The summed E-state index contributed by atoms with van der Waals surface area (Å²) in [7, 11) is 0. The van der Waals surface area contributed by atoms with Gasteiger partial charge in [0.05, 0.1) is 11.3 Å². The highest BCUT2D eigenvalue weighted by Gasteiger charge is 2.36. The molecule has 36 heavy (non-hydrogen) atoms. The van der Waals surface area contributed by atoms with E-state index in [1.54, 1.807) is 41.3 Å². The molecule has 0 saturated carbocycles. The summed E-state index contributed by atoms with van der Waals surface area (Å²) < 4.78 is 55.4. The van der Waals surface area contributed by atoms with Crippen molar-refractivity contribution in [2.24, 2.45) is 5.92 Å². The number of alkyl halides is 3. The molecular formula is C26H23F4N5O. The van der Waals surface area contributed by atoms with Gasteiger partial charge in [0.2, 0.25) is 0 Å². The van der Waals surface area contributed by atoms with Gasteiger partial charge in [-0.3, -0.25) is 4.79 Å². The fraction of sp³-hybridized carbons (Fsp3) is 0.269. The third-order valence-corrected chi connectivity index (χ3v) is 6.54. The molecule has 1 atom stereocenters. The summed E-state index contributed by atoms with van der Waals surface area (Å²) in [4.78, 5) is 18.8. The van der Waals surface area contributed by atoms with Crippen LogP contribution in [0.1, 0.15) is 34.3 Å². The van der Waals surface area contributed by atoms with Crippen LogP contribution in [-0.2, 0) is 12.6 Å². The Hall–Kier alpha value is -3.95. The van der Waals surface area contributed by atoms with Crippen LogP contribution < -0.4 is 5.73 Å².